The zero-order valence-electron chi connectivity index (χ0n) is 20.4. The molecule has 2 amide bonds. The average molecular weight is 497 g/mol. The molecule has 4 N–H and O–H groups in total. The molecule has 35 heavy (non-hydrogen) atoms. The fourth-order valence-corrected chi connectivity index (χ4v) is 5.54. The van der Waals surface area contributed by atoms with Crippen LogP contribution in [0.15, 0.2) is 18.2 Å². The number of hydrogen-bond donors (Lipinski definition) is 4. The zero-order valence-corrected chi connectivity index (χ0v) is 21.2. The number of aromatic amines is 1. The van der Waals surface area contributed by atoms with Gasteiger partial charge in [-0.1, -0.05) is 0 Å². The van der Waals surface area contributed by atoms with Crippen LogP contribution in [0.4, 0.5) is 5.00 Å². The van der Waals surface area contributed by atoms with E-state index in [1.807, 2.05) is 26.8 Å². The third kappa shape index (κ3) is 5.57. The number of fused-ring (bicyclic) bond motifs is 1. The van der Waals surface area contributed by atoms with Crippen molar-refractivity contribution < 1.29 is 19.4 Å². The monoisotopic (exact) mass is 496 g/mol. The van der Waals surface area contributed by atoms with Crippen LogP contribution in [-0.4, -0.2) is 46.9 Å². The maximum Gasteiger partial charge on any atom is 0.274 e. The highest BCUT2D eigenvalue weighted by Gasteiger charge is 2.27. The lowest BCUT2D eigenvalue weighted by atomic mass is 9.95. The molecule has 1 aliphatic carbocycles. The van der Waals surface area contributed by atoms with Crippen molar-refractivity contribution >= 4 is 28.2 Å². The van der Waals surface area contributed by atoms with Gasteiger partial charge in [0.05, 0.1) is 11.3 Å². The number of aryl methyl sites for hydroxylation is 3. The van der Waals surface area contributed by atoms with E-state index in [0.717, 1.165) is 53.7 Å². The zero-order chi connectivity index (χ0) is 24.9. The van der Waals surface area contributed by atoms with Gasteiger partial charge in [0.1, 0.15) is 16.4 Å². The number of anilines is 1. The van der Waals surface area contributed by atoms with Crippen LogP contribution < -0.4 is 10.6 Å². The van der Waals surface area contributed by atoms with Crippen LogP contribution >= 0.6 is 11.3 Å². The molecule has 1 aliphatic rings. The molecular weight excluding hydrogens is 464 g/mol. The van der Waals surface area contributed by atoms with Gasteiger partial charge in [0.2, 0.25) is 0 Å². The number of nitrogens with zero attached hydrogens (tertiary/aromatic N) is 1. The summed E-state index contributed by atoms with van der Waals surface area (Å²) in [6, 6.07) is 5.15. The summed E-state index contributed by atoms with van der Waals surface area (Å²) in [5.41, 5.74) is 4.91. The summed E-state index contributed by atoms with van der Waals surface area (Å²) in [5.74, 6) is -0.432. The van der Waals surface area contributed by atoms with Gasteiger partial charge in [-0.05, 0) is 87.8 Å². The molecule has 0 fully saturated rings. The quantitative estimate of drug-likeness (QED) is 0.319. The molecule has 186 valence electrons. The number of hydrogen-bond acceptors (Lipinski definition) is 6. The van der Waals surface area contributed by atoms with Crippen LogP contribution in [0.5, 0.6) is 5.75 Å². The van der Waals surface area contributed by atoms with Gasteiger partial charge in [0.15, 0.2) is 0 Å². The van der Waals surface area contributed by atoms with Gasteiger partial charge in [0, 0.05) is 30.2 Å². The van der Waals surface area contributed by atoms with Crippen molar-refractivity contribution in [2.24, 2.45) is 0 Å². The predicted octanol–water partition coefficient (Wildman–Crippen LogP) is 4.75. The number of amides is 2. The van der Waals surface area contributed by atoms with E-state index in [-0.39, 0.29) is 23.3 Å². The lowest BCUT2D eigenvalue weighted by Crippen LogP contribution is -2.27. The van der Waals surface area contributed by atoms with Crippen molar-refractivity contribution in [3.8, 4) is 17.0 Å². The minimum atomic E-state index is -0.379. The fraction of sp³-hybridized carbons (Fsp3) is 0.423. The van der Waals surface area contributed by atoms with Gasteiger partial charge in [-0.15, -0.1) is 11.3 Å². The van der Waals surface area contributed by atoms with Gasteiger partial charge >= 0.3 is 0 Å². The summed E-state index contributed by atoms with van der Waals surface area (Å²) in [6.45, 7) is 7.59. The molecule has 0 aliphatic heterocycles. The Hall–Kier alpha value is -3.17. The summed E-state index contributed by atoms with van der Waals surface area (Å²) in [6.07, 6.45) is 4.60. The number of H-pyrrole nitrogens is 1. The Balaban J connectivity index is 1.53. The van der Waals surface area contributed by atoms with Gasteiger partial charge in [-0.25, -0.2) is 0 Å². The Bertz CT molecular complexity index is 1230. The highest BCUT2D eigenvalue weighted by molar-refractivity contribution is 7.17. The smallest absolute Gasteiger partial charge is 0.274 e. The average Bonchev–Trinajstić information content (AvgIpc) is 3.46. The molecule has 0 saturated carbocycles. The van der Waals surface area contributed by atoms with E-state index in [4.69, 9.17) is 4.74 Å². The summed E-state index contributed by atoms with van der Waals surface area (Å²) >= 11 is 1.48. The van der Waals surface area contributed by atoms with Gasteiger partial charge < -0.3 is 20.5 Å². The summed E-state index contributed by atoms with van der Waals surface area (Å²) < 4.78 is 5.34. The van der Waals surface area contributed by atoms with Gasteiger partial charge in [-0.2, -0.15) is 5.10 Å². The van der Waals surface area contributed by atoms with Crippen LogP contribution in [0.2, 0.25) is 0 Å². The van der Waals surface area contributed by atoms with Crippen LogP contribution in [0.3, 0.4) is 0 Å². The molecule has 1 aromatic carbocycles. The lowest BCUT2D eigenvalue weighted by molar-refractivity contribution is 0.0944. The Morgan fingerprint density at radius 3 is 2.71 bits per heavy atom. The number of phenols is 1. The van der Waals surface area contributed by atoms with Crippen LogP contribution in [-0.2, 0) is 17.6 Å². The molecular formula is C26H32N4O4S. The van der Waals surface area contributed by atoms with E-state index in [2.05, 4.69) is 20.8 Å². The van der Waals surface area contributed by atoms with E-state index in [9.17, 15) is 14.7 Å². The Morgan fingerprint density at radius 1 is 1.14 bits per heavy atom. The third-order valence-corrected chi connectivity index (χ3v) is 7.50. The minimum absolute atomic E-state index is 0.112. The molecule has 0 unspecified atom stereocenters. The number of thiophene rings is 1. The predicted molar refractivity (Wildman–Crippen MR) is 138 cm³/mol. The number of benzene rings is 1. The first-order chi connectivity index (χ1) is 16.9. The minimum Gasteiger partial charge on any atom is -0.507 e. The number of aromatic hydroxyl groups is 1. The molecule has 0 radical (unpaired) electrons. The molecule has 0 atom stereocenters. The second-order valence-electron chi connectivity index (χ2n) is 8.80. The first-order valence-electron chi connectivity index (χ1n) is 12.1. The van der Waals surface area contributed by atoms with Gasteiger partial charge in [-0.3, -0.25) is 14.7 Å². The summed E-state index contributed by atoms with van der Waals surface area (Å²) in [4.78, 5) is 27.4. The number of phenolic OH excluding ortho intramolecular Hbond substituents is 1. The number of carbonyl (C=O) groups excluding carboxylic acids is 2. The molecule has 2 aromatic heterocycles. The van der Waals surface area contributed by atoms with Crippen molar-refractivity contribution in [3.05, 3.63) is 51.0 Å². The number of rotatable bonds is 9. The SMILES string of the molecule is CCOCCCNC(=O)c1c(NC(=O)c2cc(-c3cc(C)c(C)cc3O)n[nH]2)sc2c1CCCC2. The Labute approximate surface area is 209 Å². The number of aromatic nitrogens is 2. The molecule has 0 bridgehead atoms. The molecule has 0 spiro atoms. The number of nitrogens with one attached hydrogen (secondary N) is 3. The Morgan fingerprint density at radius 2 is 1.91 bits per heavy atom. The lowest BCUT2D eigenvalue weighted by Gasteiger charge is -2.13. The number of ether oxygens (including phenoxy) is 1. The standard InChI is InChI=1S/C26H32N4O4S/c1-4-34-11-7-10-27-25(33)23-17-8-5-6-9-22(17)35-26(23)28-24(32)20-14-19(29-30-20)18-12-15(2)16(3)13-21(18)31/h12-14,31H,4-11H2,1-3H3,(H,27,33)(H,28,32)(H,29,30). The number of carbonyl (C=O) groups is 2. The molecule has 4 rings (SSSR count). The van der Waals surface area contributed by atoms with Gasteiger partial charge in [0.25, 0.3) is 11.8 Å². The van der Waals surface area contributed by atoms with E-state index in [1.165, 1.54) is 11.3 Å². The molecule has 2 heterocycles. The Kier molecular flexibility index (Phi) is 7.87. The maximum atomic E-state index is 13.1. The largest absolute Gasteiger partial charge is 0.507 e. The van der Waals surface area contributed by atoms with Crippen molar-refractivity contribution in [3.63, 3.8) is 0 Å². The maximum absolute atomic E-state index is 13.1. The fourth-order valence-electron chi connectivity index (χ4n) is 4.26. The molecule has 8 nitrogen and oxygen atoms in total. The molecule has 9 heteroatoms. The van der Waals surface area contributed by atoms with E-state index in [1.54, 1.807) is 12.1 Å². The first-order valence-corrected chi connectivity index (χ1v) is 12.9. The van der Waals surface area contributed by atoms with E-state index < -0.39 is 0 Å². The third-order valence-electron chi connectivity index (χ3n) is 6.29. The molecule has 0 saturated heterocycles. The van der Waals surface area contributed by atoms with Crippen molar-refractivity contribution in [2.45, 2.75) is 52.9 Å². The van der Waals surface area contributed by atoms with Crippen LogP contribution in [0.1, 0.15) is 68.6 Å². The first kappa shape index (κ1) is 24.9. The van der Waals surface area contributed by atoms with Crippen molar-refractivity contribution in [1.29, 1.82) is 0 Å². The van der Waals surface area contributed by atoms with Crippen molar-refractivity contribution in [1.82, 2.24) is 15.5 Å². The second kappa shape index (κ2) is 11.0. The van der Waals surface area contributed by atoms with Crippen molar-refractivity contribution in [2.75, 3.05) is 25.1 Å². The summed E-state index contributed by atoms with van der Waals surface area (Å²) in [7, 11) is 0. The highest BCUT2D eigenvalue weighted by Crippen LogP contribution is 2.38. The van der Waals surface area contributed by atoms with E-state index >= 15 is 0 Å². The topological polar surface area (TPSA) is 116 Å². The normalized spacial score (nSPS) is 12.9. The second-order valence-corrected chi connectivity index (χ2v) is 9.90. The molecule has 3 aromatic rings. The highest BCUT2D eigenvalue weighted by atomic mass is 32.1. The van der Waals surface area contributed by atoms with E-state index in [0.29, 0.717) is 41.6 Å². The summed E-state index contributed by atoms with van der Waals surface area (Å²) in [5, 5.41) is 23.8. The van der Waals surface area contributed by atoms with Crippen LogP contribution in [0.25, 0.3) is 11.3 Å². The van der Waals surface area contributed by atoms with Crippen LogP contribution in [0, 0.1) is 13.8 Å².